The molecule has 0 aliphatic carbocycles. The first-order valence-electron chi connectivity index (χ1n) is 4.07. The normalized spacial score (nSPS) is 11.2. The number of hydrogen-bond donors (Lipinski definition) is 0. The molecule has 0 aromatic rings. The highest BCUT2D eigenvalue weighted by Gasteiger charge is 2.02. The molecule has 0 aliphatic rings. The van der Waals surface area contributed by atoms with E-state index in [2.05, 4.69) is 11.7 Å². The van der Waals surface area contributed by atoms with Gasteiger partial charge in [-0.3, -0.25) is 0 Å². The first-order valence-corrected chi connectivity index (χ1v) is 4.07. The van der Waals surface area contributed by atoms with Gasteiger partial charge in [0.05, 0.1) is 7.11 Å². The third kappa shape index (κ3) is 4.01. The second-order valence-corrected chi connectivity index (χ2v) is 2.80. The lowest BCUT2D eigenvalue weighted by Crippen LogP contribution is -2.13. The van der Waals surface area contributed by atoms with Gasteiger partial charge >= 0.3 is 5.97 Å². The Morgan fingerprint density at radius 1 is 1.50 bits per heavy atom. The van der Waals surface area contributed by atoms with Gasteiger partial charge in [-0.15, -0.1) is 0 Å². The third-order valence-electron chi connectivity index (χ3n) is 1.57. The van der Waals surface area contributed by atoms with Gasteiger partial charge in [-0.25, -0.2) is 4.79 Å². The number of methoxy groups -OCH3 is 1. The molecule has 0 aliphatic heterocycles. The molecule has 70 valence electrons. The number of hydrogen-bond acceptors (Lipinski definition) is 3. The number of nitrogens with zero attached hydrogens (tertiary/aromatic N) is 1. The predicted molar refractivity (Wildman–Crippen MR) is 48.7 cm³/mol. The van der Waals surface area contributed by atoms with E-state index in [0.29, 0.717) is 0 Å². The maximum Gasteiger partial charge on any atom is 0.332 e. The summed E-state index contributed by atoms with van der Waals surface area (Å²) < 4.78 is 4.54. The van der Waals surface area contributed by atoms with Crippen LogP contribution >= 0.6 is 0 Å². The molecule has 3 heteroatoms. The molecule has 0 aromatic carbocycles. The van der Waals surface area contributed by atoms with Gasteiger partial charge in [0.2, 0.25) is 0 Å². The van der Waals surface area contributed by atoms with Crippen LogP contribution in [0.15, 0.2) is 11.8 Å². The SMILES string of the molecule is CCC/C(=C/C(=O)OC)N(C)C. The molecule has 0 saturated heterocycles. The van der Waals surface area contributed by atoms with Crippen molar-refractivity contribution < 1.29 is 9.53 Å². The molecule has 3 nitrogen and oxygen atoms in total. The van der Waals surface area contributed by atoms with Gasteiger partial charge in [-0.2, -0.15) is 0 Å². The van der Waals surface area contributed by atoms with Crippen molar-refractivity contribution >= 4 is 5.97 Å². The summed E-state index contributed by atoms with van der Waals surface area (Å²) in [6, 6.07) is 0. The molecule has 0 spiro atoms. The topological polar surface area (TPSA) is 29.5 Å². The van der Waals surface area contributed by atoms with E-state index in [-0.39, 0.29) is 5.97 Å². The molecule has 0 rings (SSSR count). The quantitative estimate of drug-likeness (QED) is 0.473. The number of carbonyl (C=O) groups is 1. The van der Waals surface area contributed by atoms with Crippen molar-refractivity contribution in [3.63, 3.8) is 0 Å². The van der Waals surface area contributed by atoms with E-state index in [1.165, 1.54) is 13.2 Å². The van der Waals surface area contributed by atoms with Crippen molar-refractivity contribution in [1.29, 1.82) is 0 Å². The number of esters is 1. The van der Waals surface area contributed by atoms with Crippen molar-refractivity contribution in [2.75, 3.05) is 21.2 Å². The maximum absolute atomic E-state index is 10.9. The molecule has 0 N–H and O–H groups in total. The molecule has 0 saturated carbocycles. The zero-order chi connectivity index (χ0) is 9.56. The zero-order valence-corrected chi connectivity index (χ0v) is 8.26. The van der Waals surface area contributed by atoms with Crippen LogP contribution in [0.5, 0.6) is 0 Å². The van der Waals surface area contributed by atoms with E-state index >= 15 is 0 Å². The molecule has 0 amide bonds. The second kappa shape index (κ2) is 5.63. The highest BCUT2D eigenvalue weighted by molar-refractivity contribution is 5.82. The van der Waals surface area contributed by atoms with Gasteiger partial charge in [0.1, 0.15) is 0 Å². The Bertz CT molecular complexity index is 173. The maximum atomic E-state index is 10.9. The minimum atomic E-state index is -0.285. The summed E-state index contributed by atoms with van der Waals surface area (Å²) in [5.74, 6) is -0.285. The zero-order valence-electron chi connectivity index (χ0n) is 8.26. The van der Waals surface area contributed by atoms with Crippen LogP contribution in [0, 0.1) is 0 Å². The molecular weight excluding hydrogens is 154 g/mol. The van der Waals surface area contributed by atoms with Gasteiger partial charge in [0.15, 0.2) is 0 Å². The number of ether oxygens (including phenoxy) is 1. The van der Waals surface area contributed by atoms with Crippen LogP contribution in [0.25, 0.3) is 0 Å². The van der Waals surface area contributed by atoms with E-state index in [1.807, 2.05) is 19.0 Å². The average Bonchev–Trinajstić information content (AvgIpc) is 2.03. The molecule has 0 atom stereocenters. The van der Waals surface area contributed by atoms with Crippen molar-refractivity contribution in [2.45, 2.75) is 19.8 Å². The number of rotatable bonds is 4. The Morgan fingerprint density at radius 3 is 2.42 bits per heavy atom. The summed E-state index contributed by atoms with van der Waals surface area (Å²) in [6.07, 6.45) is 3.46. The van der Waals surface area contributed by atoms with Crippen LogP contribution in [-0.4, -0.2) is 32.1 Å². The Kier molecular flexibility index (Phi) is 5.17. The van der Waals surface area contributed by atoms with Crippen LogP contribution in [0.3, 0.4) is 0 Å². The highest BCUT2D eigenvalue weighted by Crippen LogP contribution is 2.07. The second-order valence-electron chi connectivity index (χ2n) is 2.80. The molecule has 0 aromatic heterocycles. The van der Waals surface area contributed by atoms with Crippen LogP contribution < -0.4 is 0 Å². The fourth-order valence-electron chi connectivity index (χ4n) is 0.876. The summed E-state index contributed by atoms with van der Waals surface area (Å²) in [5.41, 5.74) is 1.00. The summed E-state index contributed by atoms with van der Waals surface area (Å²) in [7, 11) is 5.23. The minimum Gasteiger partial charge on any atom is -0.466 e. The lowest BCUT2D eigenvalue weighted by atomic mass is 10.2. The molecule has 0 heterocycles. The molecule has 0 bridgehead atoms. The Labute approximate surface area is 74.0 Å². The number of carbonyl (C=O) groups excluding carboxylic acids is 1. The van der Waals surface area contributed by atoms with Crippen LogP contribution in [-0.2, 0) is 9.53 Å². The highest BCUT2D eigenvalue weighted by atomic mass is 16.5. The lowest BCUT2D eigenvalue weighted by molar-refractivity contribution is -0.135. The van der Waals surface area contributed by atoms with Crippen LogP contribution in [0.4, 0.5) is 0 Å². The summed E-state index contributed by atoms with van der Waals surface area (Å²) in [4.78, 5) is 12.8. The molecule has 0 radical (unpaired) electrons. The Morgan fingerprint density at radius 2 is 2.08 bits per heavy atom. The summed E-state index contributed by atoms with van der Waals surface area (Å²) >= 11 is 0. The van der Waals surface area contributed by atoms with Gasteiger partial charge < -0.3 is 9.64 Å². The number of allylic oxidation sites excluding steroid dienone is 1. The van der Waals surface area contributed by atoms with Crippen molar-refractivity contribution in [1.82, 2.24) is 4.90 Å². The van der Waals surface area contributed by atoms with Crippen molar-refractivity contribution in [3.05, 3.63) is 11.8 Å². The van der Waals surface area contributed by atoms with E-state index in [0.717, 1.165) is 18.5 Å². The fourth-order valence-corrected chi connectivity index (χ4v) is 0.876. The van der Waals surface area contributed by atoms with Crippen LogP contribution in [0.2, 0.25) is 0 Å². The lowest BCUT2D eigenvalue weighted by Gasteiger charge is -2.15. The monoisotopic (exact) mass is 171 g/mol. The first kappa shape index (κ1) is 11.0. The largest absolute Gasteiger partial charge is 0.466 e. The Hall–Kier alpha value is -0.990. The minimum absolute atomic E-state index is 0.285. The van der Waals surface area contributed by atoms with Crippen molar-refractivity contribution in [3.8, 4) is 0 Å². The molecular formula is C9H17NO2. The smallest absolute Gasteiger partial charge is 0.332 e. The first-order chi connectivity index (χ1) is 5.61. The molecule has 0 fully saturated rings. The third-order valence-corrected chi connectivity index (χ3v) is 1.57. The Balaban J connectivity index is 4.27. The van der Waals surface area contributed by atoms with E-state index in [4.69, 9.17) is 0 Å². The van der Waals surface area contributed by atoms with E-state index < -0.39 is 0 Å². The molecule has 12 heavy (non-hydrogen) atoms. The van der Waals surface area contributed by atoms with Gasteiger partial charge in [-0.05, 0) is 6.42 Å². The van der Waals surface area contributed by atoms with Crippen LogP contribution in [0.1, 0.15) is 19.8 Å². The van der Waals surface area contributed by atoms with Gasteiger partial charge in [0, 0.05) is 25.9 Å². The van der Waals surface area contributed by atoms with E-state index in [1.54, 1.807) is 0 Å². The van der Waals surface area contributed by atoms with Gasteiger partial charge in [-0.1, -0.05) is 13.3 Å². The summed E-state index contributed by atoms with van der Waals surface area (Å²) in [5, 5.41) is 0. The average molecular weight is 171 g/mol. The van der Waals surface area contributed by atoms with Gasteiger partial charge in [0.25, 0.3) is 0 Å². The predicted octanol–water partition coefficient (Wildman–Crippen LogP) is 1.41. The fraction of sp³-hybridized carbons (Fsp3) is 0.667. The van der Waals surface area contributed by atoms with E-state index in [9.17, 15) is 4.79 Å². The standard InChI is InChI=1S/C9H17NO2/c1-5-6-8(10(2)3)7-9(11)12-4/h7H,5-6H2,1-4H3/b8-7-. The summed E-state index contributed by atoms with van der Waals surface area (Å²) in [6.45, 7) is 2.08. The van der Waals surface area contributed by atoms with Crippen molar-refractivity contribution in [2.24, 2.45) is 0 Å². The molecule has 0 unspecified atom stereocenters.